The van der Waals surface area contributed by atoms with Gasteiger partial charge in [0.05, 0.1) is 6.10 Å². The molecule has 2 heteroatoms. The maximum absolute atomic E-state index is 10.8. The van der Waals surface area contributed by atoms with Gasteiger partial charge in [-0.3, -0.25) is 0 Å². The molecule has 0 aromatic heterocycles. The van der Waals surface area contributed by atoms with Crippen LogP contribution in [0.3, 0.4) is 0 Å². The smallest absolute Gasteiger partial charge is 0.127 e. The summed E-state index contributed by atoms with van der Waals surface area (Å²) in [6, 6.07) is 0. The highest BCUT2D eigenvalue weighted by Crippen LogP contribution is 2.39. The minimum Gasteiger partial charge on any atom is -0.389 e. The van der Waals surface area contributed by atoms with Crippen molar-refractivity contribution in [2.45, 2.75) is 33.3 Å². The van der Waals surface area contributed by atoms with Crippen LogP contribution in [-0.2, 0) is 4.79 Å². The number of hydrogen-bond acceptors (Lipinski definition) is 2. The minimum atomic E-state index is -0.379. The number of carbonyl (C=O) groups excluding carboxylic acids is 1. The summed E-state index contributed by atoms with van der Waals surface area (Å²) < 4.78 is 0. The number of rotatable bonds is 1. The fourth-order valence-electron chi connectivity index (χ4n) is 2.04. The highest BCUT2D eigenvalue weighted by Gasteiger charge is 2.35. The second-order valence-corrected chi connectivity index (χ2v) is 4.28. The lowest BCUT2D eigenvalue weighted by atomic mass is 9.68. The van der Waals surface area contributed by atoms with Crippen LogP contribution in [0.5, 0.6) is 0 Å². The molecule has 1 N–H and O–H groups in total. The molecule has 0 amide bonds. The van der Waals surface area contributed by atoms with E-state index >= 15 is 0 Å². The van der Waals surface area contributed by atoms with E-state index in [9.17, 15) is 9.90 Å². The van der Waals surface area contributed by atoms with E-state index in [-0.39, 0.29) is 17.4 Å². The van der Waals surface area contributed by atoms with E-state index in [0.717, 1.165) is 11.9 Å². The Balaban J connectivity index is 2.96. The Morgan fingerprint density at radius 3 is 2.67 bits per heavy atom. The van der Waals surface area contributed by atoms with Crippen LogP contribution in [0.15, 0.2) is 11.6 Å². The van der Waals surface area contributed by atoms with Gasteiger partial charge in [0, 0.05) is 5.92 Å². The molecular weight excluding hydrogens is 152 g/mol. The first-order valence-corrected chi connectivity index (χ1v) is 4.29. The monoisotopic (exact) mass is 168 g/mol. The predicted octanol–water partition coefficient (Wildman–Crippen LogP) is 1.54. The Morgan fingerprint density at radius 2 is 2.25 bits per heavy atom. The molecule has 0 radical (unpaired) electrons. The molecule has 0 aromatic rings. The van der Waals surface area contributed by atoms with Gasteiger partial charge in [-0.05, 0) is 18.8 Å². The van der Waals surface area contributed by atoms with E-state index in [1.165, 1.54) is 0 Å². The molecule has 1 rings (SSSR count). The first-order valence-electron chi connectivity index (χ1n) is 4.29. The minimum absolute atomic E-state index is 0.0269. The molecular formula is C10H16O2. The fourth-order valence-corrected chi connectivity index (χ4v) is 2.04. The third-order valence-electron chi connectivity index (χ3n) is 2.66. The van der Waals surface area contributed by atoms with Gasteiger partial charge in [-0.15, -0.1) is 0 Å². The standard InChI is InChI=1S/C10H16O2/c1-7-4-8(12)5-10(2,3)9(7)6-11/h4,6,8-9,12H,5H2,1-3H3. The van der Waals surface area contributed by atoms with Crippen molar-refractivity contribution >= 4 is 6.29 Å². The molecule has 0 saturated heterocycles. The quantitative estimate of drug-likeness (QED) is 0.476. The first kappa shape index (κ1) is 9.46. The van der Waals surface area contributed by atoms with Crippen molar-refractivity contribution in [3.05, 3.63) is 11.6 Å². The molecule has 1 aliphatic rings. The van der Waals surface area contributed by atoms with Gasteiger partial charge >= 0.3 is 0 Å². The van der Waals surface area contributed by atoms with Gasteiger partial charge in [0.1, 0.15) is 6.29 Å². The Bertz CT molecular complexity index is 216. The Morgan fingerprint density at radius 1 is 1.67 bits per heavy atom. The molecule has 0 heterocycles. The van der Waals surface area contributed by atoms with Crippen LogP contribution in [0.2, 0.25) is 0 Å². The average Bonchev–Trinajstić information content (AvgIpc) is 1.82. The number of aliphatic hydroxyl groups is 1. The summed E-state index contributed by atoms with van der Waals surface area (Å²) in [7, 11) is 0. The highest BCUT2D eigenvalue weighted by atomic mass is 16.3. The molecule has 0 saturated carbocycles. The molecule has 0 aliphatic heterocycles. The summed E-state index contributed by atoms with van der Waals surface area (Å²) in [5.41, 5.74) is 0.897. The Hall–Kier alpha value is -0.630. The third kappa shape index (κ3) is 1.58. The van der Waals surface area contributed by atoms with Crippen molar-refractivity contribution in [1.82, 2.24) is 0 Å². The number of allylic oxidation sites excluding steroid dienone is 1. The van der Waals surface area contributed by atoms with Gasteiger partial charge in [0.2, 0.25) is 0 Å². The van der Waals surface area contributed by atoms with Crippen LogP contribution in [0.4, 0.5) is 0 Å². The maximum Gasteiger partial charge on any atom is 0.127 e. The van der Waals surface area contributed by atoms with Gasteiger partial charge in [0.25, 0.3) is 0 Å². The summed E-state index contributed by atoms with van der Waals surface area (Å²) in [6.45, 7) is 5.95. The predicted molar refractivity (Wildman–Crippen MR) is 47.7 cm³/mol. The molecule has 2 nitrogen and oxygen atoms in total. The van der Waals surface area contributed by atoms with Crippen LogP contribution < -0.4 is 0 Å². The van der Waals surface area contributed by atoms with Gasteiger partial charge in [-0.2, -0.15) is 0 Å². The lowest BCUT2D eigenvalue weighted by molar-refractivity contribution is -0.113. The molecule has 12 heavy (non-hydrogen) atoms. The molecule has 68 valence electrons. The summed E-state index contributed by atoms with van der Waals surface area (Å²) >= 11 is 0. The topological polar surface area (TPSA) is 37.3 Å². The van der Waals surface area contributed by atoms with Crippen molar-refractivity contribution in [2.75, 3.05) is 0 Å². The SMILES string of the molecule is CC1=CC(O)CC(C)(C)C1C=O. The number of carbonyl (C=O) groups is 1. The van der Waals surface area contributed by atoms with Gasteiger partial charge in [-0.25, -0.2) is 0 Å². The molecule has 0 fully saturated rings. The van der Waals surface area contributed by atoms with Crippen LogP contribution in [0, 0.1) is 11.3 Å². The van der Waals surface area contributed by atoms with Crippen LogP contribution in [0.25, 0.3) is 0 Å². The first-order chi connectivity index (χ1) is 5.47. The summed E-state index contributed by atoms with van der Waals surface area (Å²) in [5.74, 6) is -0.0269. The lowest BCUT2D eigenvalue weighted by Gasteiger charge is -2.36. The number of aldehydes is 1. The zero-order valence-electron chi connectivity index (χ0n) is 7.87. The maximum atomic E-state index is 10.8. The zero-order valence-corrected chi connectivity index (χ0v) is 7.87. The van der Waals surface area contributed by atoms with E-state index in [2.05, 4.69) is 0 Å². The molecule has 0 bridgehead atoms. The molecule has 0 aromatic carbocycles. The average molecular weight is 168 g/mol. The number of aliphatic hydroxyl groups excluding tert-OH is 1. The van der Waals surface area contributed by atoms with Crippen molar-refractivity contribution in [1.29, 1.82) is 0 Å². The van der Waals surface area contributed by atoms with E-state index in [0.29, 0.717) is 6.42 Å². The molecule has 0 spiro atoms. The van der Waals surface area contributed by atoms with Crippen LogP contribution >= 0.6 is 0 Å². The van der Waals surface area contributed by atoms with Gasteiger partial charge in [0.15, 0.2) is 0 Å². The highest BCUT2D eigenvalue weighted by molar-refractivity contribution is 5.60. The van der Waals surface area contributed by atoms with Crippen molar-refractivity contribution in [3.63, 3.8) is 0 Å². The van der Waals surface area contributed by atoms with Gasteiger partial charge < -0.3 is 9.90 Å². The normalized spacial score (nSPS) is 34.2. The second kappa shape index (κ2) is 3.02. The van der Waals surface area contributed by atoms with Crippen molar-refractivity contribution in [2.24, 2.45) is 11.3 Å². The zero-order chi connectivity index (χ0) is 9.35. The largest absolute Gasteiger partial charge is 0.389 e. The summed E-state index contributed by atoms with van der Waals surface area (Å²) in [5, 5.41) is 9.44. The second-order valence-electron chi connectivity index (χ2n) is 4.28. The third-order valence-corrected chi connectivity index (χ3v) is 2.66. The van der Waals surface area contributed by atoms with Crippen molar-refractivity contribution in [3.8, 4) is 0 Å². The van der Waals surface area contributed by atoms with E-state index in [4.69, 9.17) is 0 Å². The molecule has 2 atom stereocenters. The van der Waals surface area contributed by atoms with Crippen LogP contribution in [-0.4, -0.2) is 17.5 Å². The van der Waals surface area contributed by atoms with E-state index < -0.39 is 0 Å². The van der Waals surface area contributed by atoms with Gasteiger partial charge in [-0.1, -0.05) is 25.5 Å². The summed E-state index contributed by atoms with van der Waals surface area (Å²) in [6.07, 6.45) is 3.06. The molecule has 2 unspecified atom stereocenters. The summed E-state index contributed by atoms with van der Waals surface area (Å²) in [4.78, 5) is 10.8. The number of hydrogen-bond donors (Lipinski definition) is 1. The van der Waals surface area contributed by atoms with E-state index in [1.54, 1.807) is 6.08 Å². The Labute approximate surface area is 73.3 Å². The van der Waals surface area contributed by atoms with E-state index in [1.807, 2.05) is 20.8 Å². The lowest BCUT2D eigenvalue weighted by Crippen LogP contribution is -2.34. The van der Waals surface area contributed by atoms with Crippen LogP contribution in [0.1, 0.15) is 27.2 Å². The Kier molecular flexibility index (Phi) is 2.38. The fraction of sp³-hybridized carbons (Fsp3) is 0.700. The van der Waals surface area contributed by atoms with Crippen molar-refractivity contribution < 1.29 is 9.90 Å². The molecule has 1 aliphatic carbocycles.